The summed E-state index contributed by atoms with van der Waals surface area (Å²) in [6.45, 7) is 5.84. The molecule has 0 fully saturated rings. The molecule has 106 valence electrons. The molecule has 1 aromatic heterocycles. The number of benzene rings is 1. The Morgan fingerprint density at radius 3 is 2.35 bits per heavy atom. The average molecular weight is 273 g/mol. The number of aryl methyl sites for hydroxylation is 3. The smallest absolute Gasteiger partial charge is 0.123 e. The lowest BCUT2D eigenvalue weighted by molar-refractivity contribution is 0.548. The molecule has 1 atom stereocenters. The van der Waals surface area contributed by atoms with Crippen LogP contribution in [0.25, 0.3) is 0 Å². The molecule has 1 unspecified atom stereocenters. The molecule has 0 saturated heterocycles. The minimum atomic E-state index is -0.209. The first-order chi connectivity index (χ1) is 9.49. The van der Waals surface area contributed by atoms with Gasteiger partial charge in [-0.25, -0.2) is 4.39 Å². The highest BCUT2D eigenvalue weighted by Crippen LogP contribution is 2.21. The van der Waals surface area contributed by atoms with Crippen LogP contribution in [0.1, 0.15) is 34.1 Å². The molecular weight excluding hydrogens is 253 g/mol. The maximum absolute atomic E-state index is 13.1. The Morgan fingerprint density at radius 1 is 1.15 bits per heavy atom. The van der Waals surface area contributed by atoms with Gasteiger partial charge in [-0.15, -0.1) is 0 Å². The van der Waals surface area contributed by atoms with Crippen molar-refractivity contribution in [2.45, 2.75) is 33.2 Å². The Kier molecular flexibility index (Phi) is 4.47. The molecule has 20 heavy (non-hydrogen) atoms. The van der Waals surface area contributed by atoms with E-state index in [0.717, 1.165) is 28.1 Å². The highest BCUT2D eigenvalue weighted by molar-refractivity contribution is 5.31. The van der Waals surface area contributed by atoms with Gasteiger partial charge >= 0.3 is 0 Å². The lowest BCUT2D eigenvalue weighted by Gasteiger charge is -2.18. The topological polar surface area (TPSA) is 50.9 Å². The largest absolute Gasteiger partial charge is 0.271 e. The van der Waals surface area contributed by atoms with Gasteiger partial charge in [-0.2, -0.15) is 0 Å². The highest BCUT2D eigenvalue weighted by atomic mass is 19.1. The number of halogens is 1. The van der Waals surface area contributed by atoms with Gasteiger partial charge in [-0.1, -0.05) is 6.07 Å². The summed E-state index contributed by atoms with van der Waals surface area (Å²) in [5.41, 5.74) is 7.90. The maximum atomic E-state index is 13.1. The summed E-state index contributed by atoms with van der Waals surface area (Å²) in [4.78, 5) is 4.37. The third kappa shape index (κ3) is 3.40. The molecule has 0 amide bonds. The molecular formula is C16H20FN3. The van der Waals surface area contributed by atoms with Crippen LogP contribution in [0.5, 0.6) is 0 Å². The van der Waals surface area contributed by atoms with E-state index in [4.69, 9.17) is 5.84 Å². The Hall–Kier alpha value is -1.78. The summed E-state index contributed by atoms with van der Waals surface area (Å²) >= 11 is 0. The van der Waals surface area contributed by atoms with Gasteiger partial charge in [0.2, 0.25) is 0 Å². The number of rotatable bonds is 4. The first-order valence-corrected chi connectivity index (χ1v) is 6.66. The zero-order valence-corrected chi connectivity index (χ0v) is 12.1. The van der Waals surface area contributed by atoms with E-state index < -0.39 is 0 Å². The number of nitrogens with one attached hydrogen (secondary N) is 1. The zero-order chi connectivity index (χ0) is 14.7. The summed E-state index contributed by atoms with van der Waals surface area (Å²) in [7, 11) is 0. The fourth-order valence-electron chi connectivity index (χ4n) is 2.45. The van der Waals surface area contributed by atoms with Gasteiger partial charge in [-0.3, -0.25) is 16.3 Å². The van der Waals surface area contributed by atoms with E-state index in [2.05, 4.69) is 10.4 Å². The molecule has 3 nitrogen and oxygen atoms in total. The molecule has 0 aliphatic rings. The Bertz CT molecular complexity index is 590. The van der Waals surface area contributed by atoms with E-state index in [0.29, 0.717) is 6.42 Å². The predicted octanol–water partition coefficient (Wildman–Crippen LogP) is 2.89. The summed E-state index contributed by atoms with van der Waals surface area (Å²) in [5, 5.41) is 0. The van der Waals surface area contributed by atoms with Crippen molar-refractivity contribution in [1.82, 2.24) is 10.4 Å². The van der Waals surface area contributed by atoms with E-state index in [1.807, 2.05) is 39.0 Å². The minimum Gasteiger partial charge on any atom is -0.271 e. The van der Waals surface area contributed by atoms with Gasteiger partial charge in [0, 0.05) is 11.4 Å². The molecule has 1 aromatic carbocycles. The fourth-order valence-corrected chi connectivity index (χ4v) is 2.45. The molecule has 3 N–H and O–H groups in total. The summed E-state index contributed by atoms with van der Waals surface area (Å²) in [6, 6.07) is 8.88. The second-order valence-corrected chi connectivity index (χ2v) is 5.18. The monoisotopic (exact) mass is 273 g/mol. The lowest BCUT2D eigenvalue weighted by Crippen LogP contribution is -2.30. The van der Waals surface area contributed by atoms with Gasteiger partial charge in [0.15, 0.2) is 0 Å². The second kappa shape index (κ2) is 6.11. The van der Waals surface area contributed by atoms with Crippen LogP contribution in [0.4, 0.5) is 4.39 Å². The van der Waals surface area contributed by atoms with Crippen molar-refractivity contribution in [3.05, 3.63) is 64.2 Å². The average Bonchev–Trinajstić information content (AvgIpc) is 2.36. The van der Waals surface area contributed by atoms with Crippen LogP contribution in [0.15, 0.2) is 30.3 Å². The van der Waals surface area contributed by atoms with Crippen molar-refractivity contribution in [1.29, 1.82) is 0 Å². The predicted molar refractivity (Wildman–Crippen MR) is 78.6 cm³/mol. The fraction of sp³-hybridized carbons (Fsp3) is 0.312. The van der Waals surface area contributed by atoms with Gasteiger partial charge in [0.1, 0.15) is 5.82 Å². The van der Waals surface area contributed by atoms with Crippen LogP contribution in [-0.4, -0.2) is 4.98 Å². The molecule has 0 bridgehead atoms. The number of nitrogens with two attached hydrogens (primary N) is 1. The van der Waals surface area contributed by atoms with Crippen LogP contribution >= 0.6 is 0 Å². The van der Waals surface area contributed by atoms with Crippen LogP contribution in [0, 0.1) is 26.6 Å². The van der Waals surface area contributed by atoms with Crippen LogP contribution in [0.2, 0.25) is 0 Å². The van der Waals surface area contributed by atoms with Crippen molar-refractivity contribution in [2.75, 3.05) is 0 Å². The number of hydrazine groups is 1. The quantitative estimate of drug-likeness (QED) is 0.665. The van der Waals surface area contributed by atoms with Crippen LogP contribution in [-0.2, 0) is 6.42 Å². The lowest BCUT2D eigenvalue weighted by atomic mass is 9.96. The molecule has 1 heterocycles. The van der Waals surface area contributed by atoms with Gasteiger partial charge in [0.25, 0.3) is 0 Å². The minimum absolute atomic E-state index is 0.0143. The Balaban J connectivity index is 2.28. The molecule has 0 aliphatic carbocycles. The van der Waals surface area contributed by atoms with E-state index in [-0.39, 0.29) is 11.9 Å². The summed E-state index contributed by atoms with van der Waals surface area (Å²) in [6.07, 6.45) is 0.714. The SMILES string of the molecule is Cc1cc(C(Cc2ccc(F)cc2C)NN)cc(C)n1. The van der Waals surface area contributed by atoms with E-state index in [1.165, 1.54) is 6.07 Å². The molecule has 0 saturated carbocycles. The van der Waals surface area contributed by atoms with Gasteiger partial charge < -0.3 is 0 Å². The van der Waals surface area contributed by atoms with Crippen molar-refractivity contribution in [2.24, 2.45) is 5.84 Å². The number of aromatic nitrogens is 1. The zero-order valence-electron chi connectivity index (χ0n) is 12.1. The van der Waals surface area contributed by atoms with E-state index in [1.54, 1.807) is 6.07 Å². The maximum Gasteiger partial charge on any atom is 0.123 e. The van der Waals surface area contributed by atoms with Crippen molar-refractivity contribution < 1.29 is 4.39 Å². The van der Waals surface area contributed by atoms with Gasteiger partial charge in [0.05, 0.1) is 6.04 Å². The first kappa shape index (κ1) is 14.6. The first-order valence-electron chi connectivity index (χ1n) is 6.66. The molecule has 2 aromatic rings. The van der Waals surface area contributed by atoms with Crippen molar-refractivity contribution >= 4 is 0 Å². The molecule has 0 radical (unpaired) electrons. The standard InChI is InChI=1S/C16H20FN3/c1-10-6-15(17)5-4-13(10)9-16(20-18)14-7-11(2)19-12(3)8-14/h4-8,16,20H,9,18H2,1-3H3. The number of hydrogen-bond acceptors (Lipinski definition) is 3. The number of hydrogen-bond donors (Lipinski definition) is 2. The highest BCUT2D eigenvalue weighted by Gasteiger charge is 2.13. The van der Waals surface area contributed by atoms with Gasteiger partial charge in [-0.05, 0) is 68.1 Å². The van der Waals surface area contributed by atoms with E-state index in [9.17, 15) is 4.39 Å². The molecule has 0 spiro atoms. The van der Waals surface area contributed by atoms with E-state index >= 15 is 0 Å². The van der Waals surface area contributed by atoms with Crippen molar-refractivity contribution in [3.8, 4) is 0 Å². The second-order valence-electron chi connectivity index (χ2n) is 5.18. The Labute approximate surface area is 119 Å². The third-order valence-corrected chi connectivity index (χ3v) is 3.44. The van der Waals surface area contributed by atoms with Crippen molar-refractivity contribution in [3.63, 3.8) is 0 Å². The molecule has 2 rings (SSSR count). The molecule has 0 aliphatic heterocycles. The van der Waals surface area contributed by atoms with Crippen LogP contribution < -0.4 is 11.3 Å². The summed E-state index contributed by atoms with van der Waals surface area (Å²) in [5.74, 6) is 5.48. The normalized spacial score (nSPS) is 12.4. The third-order valence-electron chi connectivity index (χ3n) is 3.44. The number of nitrogens with zero attached hydrogens (tertiary/aromatic N) is 1. The van der Waals surface area contributed by atoms with Crippen LogP contribution in [0.3, 0.4) is 0 Å². The number of pyridine rings is 1. The summed E-state index contributed by atoms with van der Waals surface area (Å²) < 4.78 is 13.1. The molecule has 4 heteroatoms. The Morgan fingerprint density at radius 2 is 1.80 bits per heavy atom.